The van der Waals surface area contributed by atoms with Crippen LogP contribution in [0.1, 0.15) is 41.6 Å². The van der Waals surface area contributed by atoms with E-state index in [1.165, 1.54) is 11.3 Å². The zero-order chi connectivity index (χ0) is 17.3. The predicted molar refractivity (Wildman–Crippen MR) is 99.6 cm³/mol. The number of hydrogen-bond acceptors (Lipinski definition) is 4. The summed E-state index contributed by atoms with van der Waals surface area (Å²) in [5, 5.41) is 1.54. The molecule has 1 aromatic carbocycles. The summed E-state index contributed by atoms with van der Waals surface area (Å²) >= 11 is 7.39. The van der Waals surface area contributed by atoms with Gasteiger partial charge in [-0.25, -0.2) is 4.98 Å². The van der Waals surface area contributed by atoms with Gasteiger partial charge in [-0.1, -0.05) is 23.7 Å². The number of nitrogens with zero attached hydrogens (tertiary/aromatic N) is 2. The highest BCUT2D eigenvalue weighted by Gasteiger charge is 2.31. The zero-order valence-electron chi connectivity index (χ0n) is 14.0. The lowest BCUT2D eigenvalue weighted by atomic mass is 9.96. The zero-order valence-corrected chi connectivity index (χ0v) is 15.5. The number of aromatic nitrogens is 1. The Kier molecular flexibility index (Phi) is 5.23. The first-order valence-electron chi connectivity index (χ1n) is 8.27. The van der Waals surface area contributed by atoms with Crippen LogP contribution in [0.3, 0.4) is 0 Å². The van der Waals surface area contributed by atoms with Crippen LogP contribution < -0.4 is 5.73 Å². The Labute approximate surface area is 151 Å². The van der Waals surface area contributed by atoms with Crippen LogP contribution in [0.4, 0.5) is 0 Å². The minimum atomic E-state index is -0.0155. The lowest BCUT2D eigenvalue weighted by Gasteiger charge is -2.37. The molecule has 0 radical (unpaired) electrons. The second-order valence-electron chi connectivity index (χ2n) is 6.36. The fourth-order valence-electron chi connectivity index (χ4n) is 3.20. The molecule has 4 nitrogen and oxygen atoms in total. The van der Waals surface area contributed by atoms with Crippen LogP contribution in [0.2, 0.25) is 5.02 Å². The molecule has 24 heavy (non-hydrogen) atoms. The first kappa shape index (κ1) is 17.4. The van der Waals surface area contributed by atoms with Gasteiger partial charge in [-0.3, -0.25) is 4.79 Å². The summed E-state index contributed by atoms with van der Waals surface area (Å²) in [7, 11) is 0. The number of thiazole rings is 1. The molecule has 2 atom stereocenters. The number of benzene rings is 1. The van der Waals surface area contributed by atoms with E-state index < -0.39 is 0 Å². The topological polar surface area (TPSA) is 59.2 Å². The van der Waals surface area contributed by atoms with E-state index in [-0.39, 0.29) is 18.0 Å². The van der Waals surface area contributed by atoms with Gasteiger partial charge in [-0.2, -0.15) is 0 Å². The molecule has 1 aliphatic rings. The SMILES string of the molecule is Cc1nc(-c2ccc(Cl)cc2)sc1C(=O)N1CCCCC1C(C)N. The van der Waals surface area contributed by atoms with Crippen molar-refractivity contribution in [3.63, 3.8) is 0 Å². The normalized spacial score (nSPS) is 19.3. The average molecular weight is 364 g/mol. The summed E-state index contributed by atoms with van der Waals surface area (Å²) in [6.45, 7) is 4.65. The van der Waals surface area contributed by atoms with Crippen molar-refractivity contribution in [3.8, 4) is 10.6 Å². The number of carbonyl (C=O) groups excluding carboxylic acids is 1. The highest BCUT2D eigenvalue weighted by atomic mass is 35.5. The van der Waals surface area contributed by atoms with Gasteiger partial charge in [0.25, 0.3) is 5.91 Å². The maximum absolute atomic E-state index is 13.1. The Morgan fingerprint density at radius 3 is 2.75 bits per heavy atom. The molecule has 2 unspecified atom stereocenters. The lowest BCUT2D eigenvalue weighted by molar-refractivity contribution is 0.0588. The fraction of sp³-hybridized carbons (Fsp3) is 0.444. The third kappa shape index (κ3) is 3.48. The van der Waals surface area contributed by atoms with E-state index in [2.05, 4.69) is 4.98 Å². The number of halogens is 1. The molecule has 0 bridgehead atoms. The number of aryl methyl sites for hydroxylation is 1. The van der Waals surface area contributed by atoms with Gasteiger partial charge in [0, 0.05) is 29.2 Å². The summed E-state index contributed by atoms with van der Waals surface area (Å²) < 4.78 is 0. The fourth-order valence-corrected chi connectivity index (χ4v) is 4.35. The molecule has 0 aliphatic carbocycles. The Hall–Kier alpha value is -1.43. The van der Waals surface area contributed by atoms with Crippen LogP contribution in [0.15, 0.2) is 24.3 Å². The molecule has 3 rings (SSSR count). The monoisotopic (exact) mass is 363 g/mol. The van der Waals surface area contributed by atoms with Crippen molar-refractivity contribution in [3.05, 3.63) is 39.9 Å². The average Bonchev–Trinajstić information content (AvgIpc) is 2.96. The summed E-state index contributed by atoms with van der Waals surface area (Å²) in [4.78, 5) is 20.3. The van der Waals surface area contributed by atoms with E-state index in [1.807, 2.05) is 43.0 Å². The second kappa shape index (κ2) is 7.21. The third-order valence-corrected chi connectivity index (χ3v) is 5.95. The van der Waals surface area contributed by atoms with Gasteiger partial charge in [-0.15, -0.1) is 11.3 Å². The number of likely N-dealkylation sites (tertiary alicyclic amines) is 1. The summed E-state index contributed by atoms with van der Waals surface area (Å²) in [5.74, 6) is 0.0622. The van der Waals surface area contributed by atoms with Crippen molar-refractivity contribution in [1.29, 1.82) is 0 Å². The van der Waals surface area contributed by atoms with E-state index >= 15 is 0 Å². The molecule has 1 aliphatic heterocycles. The summed E-state index contributed by atoms with van der Waals surface area (Å²) in [6, 6.07) is 7.64. The molecule has 1 saturated heterocycles. The number of piperidine rings is 1. The first-order valence-corrected chi connectivity index (χ1v) is 9.46. The van der Waals surface area contributed by atoms with Gasteiger partial charge in [0.05, 0.1) is 5.69 Å². The Morgan fingerprint density at radius 2 is 2.08 bits per heavy atom. The summed E-state index contributed by atoms with van der Waals surface area (Å²) in [5.41, 5.74) is 7.87. The van der Waals surface area contributed by atoms with Crippen LogP contribution in [-0.4, -0.2) is 34.4 Å². The molecule has 6 heteroatoms. The van der Waals surface area contributed by atoms with Crippen molar-refractivity contribution in [2.75, 3.05) is 6.54 Å². The summed E-state index contributed by atoms with van der Waals surface area (Å²) in [6.07, 6.45) is 3.15. The van der Waals surface area contributed by atoms with Gasteiger partial charge >= 0.3 is 0 Å². The van der Waals surface area contributed by atoms with E-state index in [1.54, 1.807) is 0 Å². The highest BCUT2D eigenvalue weighted by molar-refractivity contribution is 7.17. The van der Waals surface area contributed by atoms with Gasteiger partial charge in [0.2, 0.25) is 0 Å². The molecule has 1 amide bonds. The van der Waals surface area contributed by atoms with Crippen LogP contribution in [0.25, 0.3) is 10.6 Å². The van der Waals surface area contributed by atoms with E-state index in [4.69, 9.17) is 17.3 Å². The van der Waals surface area contributed by atoms with Crippen LogP contribution >= 0.6 is 22.9 Å². The predicted octanol–water partition coefficient (Wildman–Crippen LogP) is 4.11. The van der Waals surface area contributed by atoms with Crippen LogP contribution in [-0.2, 0) is 0 Å². The van der Waals surface area contributed by atoms with Crippen LogP contribution in [0, 0.1) is 6.92 Å². The second-order valence-corrected chi connectivity index (χ2v) is 7.80. The molecular weight excluding hydrogens is 342 g/mol. The number of hydrogen-bond donors (Lipinski definition) is 1. The molecule has 0 spiro atoms. The standard InChI is InChI=1S/C18H22ClN3OS/c1-11(20)15-5-3-4-10-22(15)18(23)16-12(2)21-17(24-16)13-6-8-14(19)9-7-13/h6-9,11,15H,3-5,10,20H2,1-2H3. The third-order valence-electron chi connectivity index (χ3n) is 4.50. The van der Waals surface area contributed by atoms with E-state index in [9.17, 15) is 4.79 Å². The van der Waals surface area contributed by atoms with Gasteiger partial charge < -0.3 is 10.6 Å². The Morgan fingerprint density at radius 1 is 1.38 bits per heavy atom. The molecule has 2 heterocycles. The molecule has 1 aromatic heterocycles. The molecule has 2 N–H and O–H groups in total. The van der Waals surface area contributed by atoms with Gasteiger partial charge in [0.1, 0.15) is 9.88 Å². The quantitative estimate of drug-likeness (QED) is 0.892. The van der Waals surface area contributed by atoms with E-state index in [0.29, 0.717) is 9.90 Å². The number of carbonyl (C=O) groups is 1. The van der Waals surface area contributed by atoms with Crippen molar-refractivity contribution >= 4 is 28.8 Å². The van der Waals surface area contributed by atoms with Crippen LogP contribution in [0.5, 0.6) is 0 Å². The molecule has 2 aromatic rings. The smallest absolute Gasteiger partial charge is 0.266 e. The minimum Gasteiger partial charge on any atom is -0.333 e. The van der Waals surface area contributed by atoms with Gasteiger partial charge in [0.15, 0.2) is 0 Å². The van der Waals surface area contributed by atoms with Crippen molar-refractivity contribution in [2.24, 2.45) is 5.73 Å². The number of amides is 1. The maximum atomic E-state index is 13.1. The lowest BCUT2D eigenvalue weighted by Crippen LogP contribution is -2.51. The van der Waals surface area contributed by atoms with Crippen molar-refractivity contribution < 1.29 is 4.79 Å². The van der Waals surface area contributed by atoms with Crippen molar-refractivity contribution in [2.45, 2.75) is 45.2 Å². The molecule has 0 saturated carbocycles. The number of rotatable bonds is 3. The highest BCUT2D eigenvalue weighted by Crippen LogP contribution is 2.31. The largest absolute Gasteiger partial charge is 0.333 e. The first-order chi connectivity index (χ1) is 11.5. The van der Waals surface area contributed by atoms with E-state index in [0.717, 1.165) is 42.1 Å². The molecule has 128 valence electrons. The maximum Gasteiger partial charge on any atom is 0.266 e. The Balaban J connectivity index is 1.89. The van der Waals surface area contributed by atoms with Gasteiger partial charge in [-0.05, 0) is 45.2 Å². The van der Waals surface area contributed by atoms with Crippen molar-refractivity contribution in [1.82, 2.24) is 9.88 Å². The molecular formula is C18H22ClN3OS. The Bertz CT molecular complexity index is 726. The number of nitrogens with two attached hydrogens (primary N) is 1. The molecule has 1 fully saturated rings. The minimum absolute atomic E-state index is 0.0155.